The molecule has 0 saturated heterocycles. The minimum Gasteiger partial charge on any atom is -0.362 e. The van der Waals surface area contributed by atoms with Crippen molar-refractivity contribution < 1.29 is 4.39 Å². The lowest BCUT2D eigenvalue weighted by atomic mass is 10.2. The second kappa shape index (κ2) is 5.36. The van der Waals surface area contributed by atoms with E-state index in [1.165, 1.54) is 6.07 Å². The Morgan fingerprint density at radius 1 is 0.952 bits per heavy atom. The highest BCUT2D eigenvalue weighted by molar-refractivity contribution is 5.90. The molecule has 5 heteroatoms. The molecule has 1 heterocycles. The molecule has 0 saturated carbocycles. The number of hydrogen-bond donors (Lipinski definition) is 1. The lowest BCUT2D eigenvalue weighted by Gasteiger charge is -2.16. The maximum atomic E-state index is 13.7. The van der Waals surface area contributed by atoms with Gasteiger partial charge in [-0.2, -0.15) is 4.98 Å². The zero-order chi connectivity index (χ0) is 14.8. The third kappa shape index (κ3) is 2.63. The van der Waals surface area contributed by atoms with Crippen LogP contribution in [0, 0.1) is 5.82 Å². The van der Waals surface area contributed by atoms with Gasteiger partial charge in [0.05, 0.1) is 11.2 Å². The summed E-state index contributed by atoms with van der Waals surface area (Å²) in [7, 11) is 3.84. The predicted octanol–water partition coefficient (Wildman–Crippen LogP) is 3.58. The minimum atomic E-state index is -0.333. The Morgan fingerprint density at radius 3 is 2.43 bits per heavy atom. The highest BCUT2D eigenvalue weighted by atomic mass is 19.1. The number of halogens is 1. The van der Waals surface area contributed by atoms with Gasteiger partial charge in [0.1, 0.15) is 11.6 Å². The van der Waals surface area contributed by atoms with E-state index in [-0.39, 0.29) is 5.82 Å². The standard InChI is InChI=1S/C16H15FN4/c1-21(2)15-11-7-3-5-9-13(11)18-16(20-15)19-14-10-6-4-8-12(14)17/h3-10H,1-2H3,(H,18,19,20). The first kappa shape index (κ1) is 13.3. The number of nitrogens with one attached hydrogen (secondary N) is 1. The molecule has 0 atom stereocenters. The van der Waals surface area contributed by atoms with Gasteiger partial charge in [-0.25, -0.2) is 9.37 Å². The topological polar surface area (TPSA) is 41.1 Å². The average Bonchev–Trinajstić information content (AvgIpc) is 2.48. The van der Waals surface area contributed by atoms with E-state index in [1.54, 1.807) is 18.2 Å². The van der Waals surface area contributed by atoms with E-state index in [2.05, 4.69) is 15.3 Å². The second-order valence-electron chi connectivity index (χ2n) is 4.89. The molecule has 0 unspecified atom stereocenters. The van der Waals surface area contributed by atoms with Crippen LogP contribution in [0.15, 0.2) is 48.5 Å². The molecule has 106 valence electrons. The predicted molar refractivity (Wildman–Crippen MR) is 83.5 cm³/mol. The third-order valence-corrected chi connectivity index (χ3v) is 3.13. The van der Waals surface area contributed by atoms with Crippen molar-refractivity contribution in [3.05, 3.63) is 54.3 Å². The van der Waals surface area contributed by atoms with Crippen LogP contribution in [0.25, 0.3) is 10.9 Å². The first-order valence-corrected chi connectivity index (χ1v) is 6.61. The van der Waals surface area contributed by atoms with Crippen LogP contribution < -0.4 is 10.2 Å². The SMILES string of the molecule is CN(C)c1nc(Nc2ccccc2F)nc2ccccc12. The summed E-state index contributed by atoms with van der Waals surface area (Å²) in [5.74, 6) is 0.836. The highest BCUT2D eigenvalue weighted by Gasteiger charge is 2.10. The Balaban J connectivity index is 2.09. The third-order valence-electron chi connectivity index (χ3n) is 3.13. The van der Waals surface area contributed by atoms with E-state index in [1.807, 2.05) is 43.3 Å². The number of para-hydroxylation sites is 2. The summed E-state index contributed by atoms with van der Waals surface area (Å²) in [6.07, 6.45) is 0. The zero-order valence-electron chi connectivity index (χ0n) is 11.8. The van der Waals surface area contributed by atoms with Gasteiger partial charge in [-0.15, -0.1) is 0 Å². The van der Waals surface area contributed by atoms with E-state index in [0.29, 0.717) is 11.6 Å². The van der Waals surface area contributed by atoms with Crippen LogP contribution >= 0.6 is 0 Å². The van der Waals surface area contributed by atoms with E-state index in [4.69, 9.17) is 0 Å². The first-order valence-electron chi connectivity index (χ1n) is 6.61. The molecule has 1 aromatic heterocycles. The molecule has 3 aromatic rings. The van der Waals surface area contributed by atoms with Crippen LogP contribution in [0.5, 0.6) is 0 Å². The maximum Gasteiger partial charge on any atom is 0.229 e. The number of fused-ring (bicyclic) bond motifs is 1. The summed E-state index contributed by atoms with van der Waals surface area (Å²) in [4.78, 5) is 10.8. The fourth-order valence-electron chi connectivity index (χ4n) is 2.14. The molecule has 0 bridgehead atoms. The molecule has 4 nitrogen and oxygen atoms in total. The van der Waals surface area contributed by atoms with Gasteiger partial charge in [0.25, 0.3) is 0 Å². The Hall–Kier alpha value is -2.69. The van der Waals surface area contributed by atoms with Crippen molar-refractivity contribution >= 4 is 28.4 Å². The Kier molecular flexibility index (Phi) is 3.39. The smallest absolute Gasteiger partial charge is 0.229 e. The molecule has 21 heavy (non-hydrogen) atoms. The van der Waals surface area contributed by atoms with Crippen molar-refractivity contribution in [2.75, 3.05) is 24.3 Å². The van der Waals surface area contributed by atoms with Gasteiger partial charge in [-0.3, -0.25) is 0 Å². The van der Waals surface area contributed by atoms with E-state index < -0.39 is 0 Å². The lowest BCUT2D eigenvalue weighted by molar-refractivity contribution is 0.631. The highest BCUT2D eigenvalue weighted by Crippen LogP contribution is 2.25. The summed E-state index contributed by atoms with van der Waals surface area (Å²) in [5.41, 5.74) is 1.17. The normalized spacial score (nSPS) is 10.6. The largest absolute Gasteiger partial charge is 0.362 e. The van der Waals surface area contributed by atoms with E-state index >= 15 is 0 Å². The van der Waals surface area contributed by atoms with E-state index in [9.17, 15) is 4.39 Å². The van der Waals surface area contributed by atoms with Crippen LogP contribution in [0.2, 0.25) is 0 Å². The summed E-state index contributed by atoms with van der Waals surface area (Å²) < 4.78 is 13.7. The molecular weight excluding hydrogens is 267 g/mol. The Labute approximate surface area is 122 Å². The maximum absolute atomic E-state index is 13.7. The van der Waals surface area contributed by atoms with Crippen LogP contribution in [-0.2, 0) is 0 Å². The second-order valence-corrected chi connectivity index (χ2v) is 4.89. The Bertz CT molecular complexity index is 786. The summed E-state index contributed by atoms with van der Waals surface area (Å²) >= 11 is 0. The van der Waals surface area contributed by atoms with Crippen LogP contribution in [0.3, 0.4) is 0 Å². The number of hydrogen-bond acceptors (Lipinski definition) is 4. The lowest BCUT2D eigenvalue weighted by Crippen LogP contribution is -2.13. The van der Waals surface area contributed by atoms with Crippen LogP contribution in [-0.4, -0.2) is 24.1 Å². The molecular formula is C16H15FN4. The molecule has 0 aliphatic rings. The number of anilines is 3. The van der Waals surface area contributed by atoms with Gasteiger partial charge in [-0.05, 0) is 24.3 Å². The Morgan fingerprint density at radius 2 is 1.67 bits per heavy atom. The fraction of sp³-hybridized carbons (Fsp3) is 0.125. The van der Waals surface area contributed by atoms with Crippen molar-refractivity contribution in [1.29, 1.82) is 0 Å². The van der Waals surface area contributed by atoms with Gasteiger partial charge in [-0.1, -0.05) is 24.3 Å². The van der Waals surface area contributed by atoms with Crippen molar-refractivity contribution in [1.82, 2.24) is 9.97 Å². The van der Waals surface area contributed by atoms with Gasteiger partial charge < -0.3 is 10.2 Å². The van der Waals surface area contributed by atoms with Crippen LogP contribution in [0.1, 0.15) is 0 Å². The van der Waals surface area contributed by atoms with Gasteiger partial charge >= 0.3 is 0 Å². The number of nitrogens with zero attached hydrogens (tertiary/aromatic N) is 3. The average molecular weight is 282 g/mol. The van der Waals surface area contributed by atoms with E-state index in [0.717, 1.165) is 16.7 Å². The summed E-state index contributed by atoms with van der Waals surface area (Å²) in [6.45, 7) is 0. The first-order chi connectivity index (χ1) is 10.1. The monoisotopic (exact) mass is 282 g/mol. The van der Waals surface area contributed by atoms with Gasteiger partial charge in [0.2, 0.25) is 5.95 Å². The molecule has 0 fully saturated rings. The van der Waals surface area contributed by atoms with Crippen molar-refractivity contribution in [2.24, 2.45) is 0 Å². The molecule has 0 aliphatic heterocycles. The molecule has 0 spiro atoms. The molecule has 0 radical (unpaired) electrons. The molecule has 1 N–H and O–H groups in total. The van der Waals surface area contributed by atoms with Crippen molar-refractivity contribution in [3.8, 4) is 0 Å². The molecule has 0 amide bonds. The van der Waals surface area contributed by atoms with Gasteiger partial charge in [0.15, 0.2) is 0 Å². The summed E-state index contributed by atoms with van der Waals surface area (Å²) in [6, 6.07) is 14.2. The van der Waals surface area contributed by atoms with Gasteiger partial charge in [0, 0.05) is 19.5 Å². The minimum absolute atomic E-state index is 0.333. The van der Waals surface area contributed by atoms with Crippen molar-refractivity contribution in [3.63, 3.8) is 0 Å². The number of benzene rings is 2. The number of aromatic nitrogens is 2. The van der Waals surface area contributed by atoms with Crippen molar-refractivity contribution in [2.45, 2.75) is 0 Å². The number of rotatable bonds is 3. The fourth-order valence-corrected chi connectivity index (χ4v) is 2.14. The molecule has 0 aliphatic carbocycles. The summed E-state index contributed by atoms with van der Waals surface area (Å²) in [5, 5.41) is 3.90. The zero-order valence-corrected chi connectivity index (χ0v) is 11.8. The quantitative estimate of drug-likeness (QED) is 0.797. The molecule has 3 rings (SSSR count). The molecule has 2 aromatic carbocycles. The van der Waals surface area contributed by atoms with Crippen LogP contribution in [0.4, 0.5) is 21.8 Å².